The van der Waals surface area contributed by atoms with Crippen LogP contribution in [0.5, 0.6) is 0 Å². The number of hydrogen-bond donors (Lipinski definition) is 0. The lowest BCUT2D eigenvalue weighted by Crippen LogP contribution is -2.17. The molecular weight excluding hydrogens is 654 g/mol. The summed E-state index contributed by atoms with van der Waals surface area (Å²) in [5.74, 6) is 0.153. The van der Waals surface area contributed by atoms with Crippen molar-refractivity contribution in [1.29, 1.82) is 5.26 Å². The van der Waals surface area contributed by atoms with Gasteiger partial charge in [0.1, 0.15) is 0 Å². The van der Waals surface area contributed by atoms with E-state index in [1.165, 1.54) is 90.3 Å². The van der Waals surface area contributed by atoms with Gasteiger partial charge in [0.15, 0.2) is 0 Å². The first-order valence-corrected chi connectivity index (χ1v) is 21.2. The zero-order valence-corrected chi connectivity index (χ0v) is 39.9. The summed E-state index contributed by atoms with van der Waals surface area (Å²) < 4.78 is 37.3. The summed E-state index contributed by atoms with van der Waals surface area (Å²) in [4.78, 5) is 2.49. The van der Waals surface area contributed by atoms with Crippen molar-refractivity contribution in [3.63, 3.8) is 0 Å². The molecule has 0 bridgehead atoms. The smallest absolute Gasteiger partial charge is 0.242 e. The Morgan fingerprint density at radius 2 is 0.769 bits per heavy atom. The first kappa shape index (κ1) is 79.8. The minimum atomic E-state index is -2.50. The number of nitriles is 1. The second-order valence-corrected chi connectivity index (χ2v) is 13.7. The van der Waals surface area contributed by atoms with E-state index in [9.17, 15) is 13.2 Å². The van der Waals surface area contributed by atoms with Crippen LogP contribution in [0.2, 0.25) is 0 Å². The van der Waals surface area contributed by atoms with Gasteiger partial charge in [-0.15, -0.1) is 0 Å². The van der Waals surface area contributed by atoms with Gasteiger partial charge in [0, 0.05) is 20.1 Å². The zero-order valence-electron chi connectivity index (χ0n) is 39.9. The third-order valence-electron chi connectivity index (χ3n) is 6.23. The quantitative estimate of drug-likeness (QED) is 0.235. The molecule has 0 aromatic carbocycles. The summed E-state index contributed by atoms with van der Waals surface area (Å²) in [5, 5.41) is 7.62. The van der Waals surface area contributed by atoms with E-state index in [-0.39, 0.29) is 14.1 Å². The van der Waals surface area contributed by atoms with Crippen molar-refractivity contribution < 1.29 is 17.9 Å². The molecule has 330 valence electrons. The highest BCUT2D eigenvalue weighted by molar-refractivity contribution is 4.63. The van der Waals surface area contributed by atoms with Crippen molar-refractivity contribution >= 4 is 0 Å². The second kappa shape index (κ2) is 87.8. The fourth-order valence-electron chi connectivity index (χ4n) is 1.10. The Bertz CT molecular complexity index is 413. The van der Waals surface area contributed by atoms with Crippen LogP contribution in [-0.2, 0) is 4.74 Å². The van der Waals surface area contributed by atoms with E-state index in [0.717, 1.165) is 38.2 Å². The molecular formula is C46H109F3N2O. The third kappa shape index (κ3) is 280. The Kier molecular flexibility index (Phi) is 135. The van der Waals surface area contributed by atoms with Gasteiger partial charge < -0.3 is 9.64 Å². The van der Waals surface area contributed by atoms with Gasteiger partial charge in [0.05, 0.1) is 12.7 Å². The molecule has 6 heteroatoms. The summed E-state index contributed by atoms with van der Waals surface area (Å²) in [6.45, 7) is 47.1. The number of methoxy groups -OCH3 is 1. The zero-order chi connectivity index (χ0) is 43.0. The monoisotopic (exact) mass is 763 g/mol. The number of halogens is 3. The predicted molar refractivity (Wildman–Crippen MR) is 241 cm³/mol. The Morgan fingerprint density at radius 3 is 0.808 bits per heavy atom. The molecule has 0 aliphatic carbocycles. The van der Waals surface area contributed by atoms with E-state index < -0.39 is 5.92 Å². The van der Waals surface area contributed by atoms with Crippen molar-refractivity contribution in [3.05, 3.63) is 0 Å². The van der Waals surface area contributed by atoms with Crippen LogP contribution in [0, 0.1) is 29.1 Å². The molecule has 1 rings (SSSR count). The molecule has 1 heterocycles. The maximum Gasteiger partial charge on any atom is 0.242 e. The van der Waals surface area contributed by atoms with Crippen LogP contribution in [0.3, 0.4) is 0 Å². The first-order valence-electron chi connectivity index (χ1n) is 21.2. The molecule has 0 saturated carbocycles. The summed E-state index contributed by atoms with van der Waals surface area (Å²) in [7, 11) is 1.68. The molecule has 1 fully saturated rings. The van der Waals surface area contributed by atoms with E-state index >= 15 is 0 Å². The molecule has 0 atom stereocenters. The van der Waals surface area contributed by atoms with Crippen LogP contribution in [0.1, 0.15) is 236 Å². The summed E-state index contributed by atoms with van der Waals surface area (Å²) >= 11 is 0. The maximum atomic E-state index is 11.0. The van der Waals surface area contributed by atoms with Gasteiger partial charge in [-0.05, 0) is 77.4 Å². The number of likely N-dealkylation sites (tertiary alicyclic amines) is 1. The Balaban J connectivity index is -0.0000000397. The number of hydrogen-bond acceptors (Lipinski definition) is 3. The van der Waals surface area contributed by atoms with Crippen LogP contribution in [-0.4, -0.2) is 50.8 Å². The van der Waals surface area contributed by atoms with Gasteiger partial charge in [0.2, 0.25) is 5.92 Å². The number of nitrogens with zero attached hydrogens (tertiary/aromatic N) is 2. The molecule has 0 spiro atoms. The minimum absolute atomic E-state index is 0. The molecule has 1 saturated heterocycles. The molecule has 52 heavy (non-hydrogen) atoms. The van der Waals surface area contributed by atoms with E-state index in [0.29, 0.717) is 12.8 Å². The molecule has 0 radical (unpaired) electrons. The highest BCUT2D eigenvalue weighted by Gasteiger charge is 2.08. The van der Waals surface area contributed by atoms with Gasteiger partial charge >= 0.3 is 0 Å². The Hall–Kier alpha value is -0.800. The second-order valence-electron chi connectivity index (χ2n) is 13.7. The average Bonchev–Trinajstić information content (AvgIpc) is 3.66. The van der Waals surface area contributed by atoms with Crippen LogP contribution < -0.4 is 0 Å². The average molecular weight is 763 g/mol. The lowest BCUT2D eigenvalue weighted by atomic mass is 10.2. The third-order valence-corrected chi connectivity index (χ3v) is 6.23. The maximum absolute atomic E-state index is 11.0. The summed E-state index contributed by atoms with van der Waals surface area (Å²) in [5.41, 5.74) is 0. The summed E-state index contributed by atoms with van der Waals surface area (Å²) in [6.07, 6.45) is 16.0. The van der Waals surface area contributed by atoms with E-state index in [2.05, 4.69) is 120 Å². The highest BCUT2D eigenvalue weighted by Crippen LogP contribution is 2.06. The van der Waals surface area contributed by atoms with Crippen LogP contribution in [0.15, 0.2) is 0 Å². The van der Waals surface area contributed by atoms with Crippen LogP contribution >= 0.6 is 0 Å². The Labute approximate surface area is 333 Å². The van der Waals surface area contributed by atoms with Crippen LogP contribution in [0.25, 0.3) is 0 Å². The molecule has 0 aromatic rings. The minimum Gasteiger partial charge on any atom is -0.385 e. The number of alkyl halides is 3. The van der Waals surface area contributed by atoms with Gasteiger partial charge in [0.25, 0.3) is 0 Å². The molecule has 0 aromatic heterocycles. The van der Waals surface area contributed by atoms with Gasteiger partial charge in [-0.25, -0.2) is 8.78 Å². The largest absolute Gasteiger partial charge is 0.385 e. The SMILES string of the molecule is C.CC(C)(F)F.CCC#N.CCC(C)C.CCC(C)C.CCC(C)C.CCCC.CCCC.CCCC.CCCF.CCN1CCCC1.CCOC. The molecule has 1 aliphatic heterocycles. The number of unbranched alkanes of at least 4 members (excludes halogenated alkanes) is 3. The topological polar surface area (TPSA) is 36.3 Å². The highest BCUT2D eigenvalue weighted by atomic mass is 19.3. The van der Waals surface area contributed by atoms with Crippen molar-refractivity contribution in [2.45, 2.75) is 242 Å². The number of rotatable bonds is 9. The van der Waals surface area contributed by atoms with Gasteiger partial charge in [-0.1, -0.05) is 190 Å². The normalized spacial score (nSPS) is 10.4. The fourth-order valence-corrected chi connectivity index (χ4v) is 1.10. The first-order chi connectivity index (χ1) is 23.7. The van der Waals surface area contributed by atoms with Gasteiger partial charge in [-0.3, -0.25) is 4.39 Å². The molecule has 0 unspecified atom stereocenters. The van der Waals surface area contributed by atoms with Crippen molar-refractivity contribution in [1.82, 2.24) is 4.90 Å². The lowest BCUT2D eigenvalue weighted by Gasteiger charge is -2.08. The molecule has 1 aliphatic rings. The van der Waals surface area contributed by atoms with Crippen molar-refractivity contribution in [2.24, 2.45) is 17.8 Å². The Morgan fingerprint density at radius 1 is 0.596 bits per heavy atom. The van der Waals surface area contributed by atoms with Crippen molar-refractivity contribution in [2.75, 3.05) is 40.0 Å². The van der Waals surface area contributed by atoms with E-state index in [1.54, 1.807) is 14.0 Å². The van der Waals surface area contributed by atoms with E-state index in [4.69, 9.17) is 5.26 Å². The number of ether oxygens (including phenoxy) is 1. The lowest BCUT2D eigenvalue weighted by molar-refractivity contribution is 0.0437. The van der Waals surface area contributed by atoms with E-state index in [1.807, 2.05) is 19.9 Å². The molecule has 0 amide bonds. The molecule has 3 nitrogen and oxygen atoms in total. The van der Waals surface area contributed by atoms with Crippen LogP contribution in [0.4, 0.5) is 13.2 Å². The summed E-state index contributed by atoms with van der Waals surface area (Å²) in [6, 6.07) is 1.93. The fraction of sp³-hybridized carbons (Fsp3) is 0.978. The molecule has 0 N–H and O–H groups in total. The van der Waals surface area contributed by atoms with Crippen molar-refractivity contribution in [3.8, 4) is 6.07 Å². The predicted octanol–water partition coefficient (Wildman–Crippen LogP) is 17.9. The standard InChI is InChI=1S/C6H13N.3C5H12.3C4H10.C3H6F2.C3H7F.C3H5N.C3H8O.CH4/c1-2-7-5-3-4-6-7;3*1-4-5(2)3;3*1-3-4-2;1-3(2,4)5;2*1-2-3-4;1-3-4-2;/h2-6H2,1H3;3*5H,4H2,1-3H3;3*3-4H2,1-2H3;1-2H3;2-3H2,1H3;2H2,1H3;3H2,1-2H3;1H4. The van der Waals surface area contributed by atoms with Gasteiger partial charge in [-0.2, -0.15) is 5.26 Å².